The van der Waals surface area contributed by atoms with Crippen LogP contribution in [-0.4, -0.2) is 59.0 Å². The van der Waals surface area contributed by atoms with Crippen LogP contribution in [0.25, 0.3) is 0 Å². The van der Waals surface area contributed by atoms with Crippen molar-refractivity contribution in [3.8, 4) is 17.2 Å². The van der Waals surface area contributed by atoms with E-state index < -0.39 is 0 Å². The lowest BCUT2D eigenvalue weighted by Gasteiger charge is -2.37. The third-order valence-corrected chi connectivity index (χ3v) is 5.57. The average Bonchev–Trinajstić information content (AvgIpc) is 2.72. The largest absolute Gasteiger partial charge is 0.493 e. The fourth-order valence-electron chi connectivity index (χ4n) is 4.07. The molecule has 0 amide bonds. The maximum absolute atomic E-state index is 5.47. The molecule has 1 saturated heterocycles. The minimum atomic E-state index is 0.649. The van der Waals surface area contributed by atoms with E-state index in [9.17, 15) is 0 Å². The van der Waals surface area contributed by atoms with Crippen LogP contribution in [0.3, 0.4) is 0 Å². The van der Waals surface area contributed by atoms with Crippen molar-refractivity contribution in [2.45, 2.75) is 20.3 Å². The van der Waals surface area contributed by atoms with E-state index in [2.05, 4.69) is 41.8 Å². The summed E-state index contributed by atoms with van der Waals surface area (Å²) < 4.78 is 16.4. The van der Waals surface area contributed by atoms with E-state index >= 15 is 0 Å². The number of nitrogens with zero attached hydrogens (tertiary/aromatic N) is 2. The Hall–Kier alpha value is -2.40. The van der Waals surface area contributed by atoms with Crippen molar-refractivity contribution in [1.82, 2.24) is 4.90 Å². The fraction of sp³-hybridized carbons (Fsp3) is 0.478. The molecule has 2 aromatic rings. The lowest BCUT2D eigenvalue weighted by molar-refractivity contribution is 0.260. The van der Waals surface area contributed by atoms with Gasteiger partial charge in [0.25, 0.3) is 0 Å². The van der Waals surface area contributed by atoms with Gasteiger partial charge in [-0.15, -0.1) is 0 Å². The van der Waals surface area contributed by atoms with Crippen LogP contribution in [0.2, 0.25) is 0 Å². The first-order chi connectivity index (χ1) is 13.6. The Morgan fingerprint density at radius 3 is 1.89 bits per heavy atom. The highest BCUT2D eigenvalue weighted by Crippen LogP contribution is 2.38. The van der Waals surface area contributed by atoms with E-state index in [1.165, 1.54) is 22.4 Å². The summed E-state index contributed by atoms with van der Waals surface area (Å²) in [6, 6.07) is 10.7. The van der Waals surface area contributed by atoms with E-state index in [1.807, 2.05) is 12.1 Å². The molecule has 0 bridgehead atoms. The zero-order chi connectivity index (χ0) is 20.1. The van der Waals surface area contributed by atoms with Crippen molar-refractivity contribution < 1.29 is 14.2 Å². The summed E-state index contributed by atoms with van der Waals surface area (Å²) in [7, 11) is 4.96. The maximum atomic E-state index is 5.47. The molecule has 5 nitrogen and oxygen atoms in total. The summed E-state index contributed by atoms with van der Waals surface area (Å²) in [5, 5.41) is 0. The van der Waals surface area contributed by atoms with E-state index in [0.717, 1.165) is 50.6 Å². The van der Waals surface area contributed by atoms with Gasteiger partial charge in [-0.05, 0) is 49.1 Å². The molecule has 0 aliphatic carbocycles. The summed E-state index contributed by atoms with van der Waals surface area (Å²) in [6.45, 7) is 9.75. The monoisotopic (exact) mass is 384 g/mol. The number of aryl methyl sites for hydroxylation is 2. The number of hydrogen-bond acceptors (Lipinski definition) is 5. The molecule has 152 valence electrons. The SMILES string of the molecule is COc1cc(CCN2CCN(c3c(C)cccc3C)CC2)cc(OC)c1OC. The Kier molecular flexibility index (Phi) is 6.68. The standard InChI is InChI=1S/C23H32N2O3/c1-17-7-6-8-18(2)22(17)25-13-11-24(12-14-25)10-9-19-15-20(26-3)23(28-5)21(16-19)27-4/h6-8,15-16H,9-14H2,1-5H3. The van der Waals surface area contributed by atoms with Crippen LogP contribution in [0.5, 0.6) is 17.2 Å². The van der Waals surface area contributed by atoms with Crippen LogP contribution < -0.4 is 19.1 Å². The predicted octanol–water partition coefficient (Wildman–Crippen LogP) is 3.69. The molecule has 1 aliphatic heterocycles. The van der Waals surface area contributed by atoms with Crippen LogP contribution in [0.4, 0.5) is 5.69 Å². The molecule has 2 aromatic carbocycles. The molecular weight excluding hydrogens is 352 g/mol. The molecule has 3 rings (SSSR count). The van der Waals surface area contributed by atoms with Gasteiger partial charge in [-0.25, -0.2) is 0 Å². The predicted molar refractivity (Wildman–Crippen MR) is 114 cm³/mol. The van der Waals surface area contributed by atoms with Gasteiger partial charge >= 0.3 is 0 Å². The van der Waals surface area contributed by atoms with Gasteiger partial charge in [0.15, 0.2) is 11.5 Å². The van der Waals surface area contributed by atoms with Gasteiger partial charge in [-0.1, -0.05) is 18.2 Å². The van der Waals surface area contributed by atoms with Gasteiger partial charge in [0.05, 0.1) is 21.3 Å². The van der Waals surface area contributed by atoms with E-state index in [4.69, 9.17) is 14.2 Å². The van der Waals surface area contributed by atoms with Gasteiger partial charge in [0, 0.05) is 38.4 Å². The highest BCUT2D eigenvalue weighted by atomic mass is 16.5. The first-order valence-corrected chi connectivity index (χ1v) is 9.89. The van der Waals surface area contributed by atoms with Gasteiger partial charge < -0.3 is 19.1 Å². The van der Waals surface area contributed by atoms with Crippen molar-refractivity contribution in [2.24, 2.45) is 0 Å². The van der Waals surface area contributed by atoms with E-state index in [0.29, 0.717) is 5.75 Å². The third kappa shape index (κ3) is 4.36. The van der Waals surface area contributed by atoms with Crippen LogP contribution in [0.15, 0.2) is 30.3 Å². The lowest BCUT2D eigenvalue weighted by atomic mass is 10.1. The number of rotatable bonds is 7. The molecule has 1 aliphatic rings. The molecule has 1 heterocycles. The van der Waals surface area contributed by atoms with Gasteiger partial charge in [0.2, 0.25) is 5.75 Å². The number of hydrogen-bond donors (Lipinski definition) is 0. The quantitative estimate of drug-likeness (QED) is 0.727. The minimum absolute atomic E-state index is 0.649. The second kappa shape index (κ2) is 9.20. The van der Waals surface area contributed by atoms with Crippen LogP contribution >= 0.6 is 0 Å². The Morgan fingerprint density at radius 1 is 0.821 bits per heavy atom. The summed E-state index contributed by atoms with van der Waals surface area (Å²) in [4.78, 5) is 5.06. The van der Waals surface area contributed by atoms with Gasteiger partial charge in [-0.2, -0.15) is 0 Å². The molecule has 0 spiro atoms. The maximum Gasteiger partial charge on any atom is 0.203 e. The second-order valence-corrected chi connectivity index (χ2v) is 7.35. The van der Waals surface area contributed by atoms with Crippen molar-refractivity contribution in [3.05, 3.63) is 47.0 Å². The molecule has 5 heteroatoms. The van der Waals surface area contributed by atoms with Crippen molar-refractivity contribution in [3.63, 3.8) is 0 Å². The average molecular weight is 385 g/mol. The summed E-state index contributed by atoms with van der Waals surface area (Å²) >= 11 is 0. The topological polar surface area (TPSA) is 34.2 Å². The van der Waals surface area contributed by atoms with Crippen LogP contribution in [0.1, 0.15) is 16.7 Å². The summed E-state index contributed by atoms with van der Waals surface area (Å²) in [6.07, 6.45) is 0.958. The molecule has 28 heavy (non-hydrogen) atoms. The van der Waals surface area contributed by atoms with Crippen molar-refractivity contribution in [2.75, 3.05) is 59.0 Å². The molecular formula is C23H32N2O3. The number of para-hydroxylation sites is 1. The van der Waals surface area contributed by atoms with Crippen LogP contribution in [-0.2, 0) is 6.42 Å². The second-order valence-electron chi connectivity index (χ2n) is 7.35. The highest BCUT2D eigenvalue weighted by Gasteiger charge is 2.20. The molecule has 0 radical (unpaired) electrons. The molecule has 1 fully saturated rings. The molecule has 0 aromatic heterocycles. The number of anilines is 1. The van der Waals surface area contributed by atoms with Gasteiger partial charge in [-0.3, -0.25) is 4.90 Å². The molecule has 0 N–H and O–H groups in total. The first-order valence-electron chi connectivity index (χ1n) is 9.89. The normalized spacial score (nSPS) is 14.8. The Labute approximate surface area is 168 Å². The Balaban J connectivity index is 1.60. The molecule has 0 atom stereocenters. The fourth-order valence-corrected chi connectivity index (χ4v) is 4.07. The lowest BCUT2D eigenvalue weighted by Crippen LogP contribution is -2.47. The Morgan fingerprint density at radius 2 is 1.39 bits per heavy atom. The first kappa shape index (κ1) is 20.3. The molecule has 0 unspecified atom stereocenters. The van der Waals surface area contributed by atoms with E-state index in [1.54, 1.807) is 21.3 Å². The number of ether oxygens (including phenoxy) is 3. The van der Waals surface area contributed by atoms with Crippen molar-refractivity contribution in [1.29, 1.82) is 0 Å². The summed E-state index contributed by atoms with van der Waals surface area (Å²) in [5.41, 5.74) is 5.34. The zero-order valence-corrected chi connectivity index (χ0v) is 17.7. The third-order valence-electron chi connectivity index (χ3n) is 5.57. The highest BCUT2D eigenvalue weighted by molar-refractivity contribution is 5.59. The van der Waals surface area contributed by atoms with Gasteiger partial charge in [0.1, 0.15) is 0 Å². The number of piperazine rings is 1. The number of methoxy groups -OCH3 is 3. The Bertz CT molecular complexity index is 753. The smallest absolute Gasteiger partial charge is 0.203 e. The zero-order valence-electron chi connectivity index (χ0n) is 17.7. The number of benzene rings is 2. The van der Waals surface area contributed by atoms with Crippen LogP contribution in [0, 0.1) is 13.8 Å². The molecule has 0 saturated carbocycles. The van der Waals surface area contributed by atoms with E-state index in [-0.39, 0.29) is 0 Å². The minimum Gasteiger partial charge on any atom is -0.493 e. The summed E-state index contributed by atoms with van der Waals surface area (Å²) in [5.74, 6) is 2.09. The van der Waals surface area contributed by atoms with Crippen molar-refractivity contribution >= 4 is 5.69 Å².